The van der Waals surface area contributed by atoms with Crippen molar-refractivity contribution in [2.45, 2.75) is 25.5 Å². The third-order valence-corrected chi connectivity index (χ3v) is 5.56. The van der Waals surface area contributed by atoms with Gasteiger partial charge in [0, 0.05) is 46.4 Å². The van der Waals surface area contributed by atoms with Crippen LogP contribution in [0.2, 0.25) is 0 Å². The molecule has 0 saturated carbocycles. The molecule has 0 aliphatic carbocycles. The summed E-state index contributed by atoms with van der Waals surface area (Å²) in [6.45, 7) is 5.11. The molecule has 2 aliphatic heterocycles. The first-order chi connectivity index (χ1) is 12.6. The van der Waals surface area contributed by atoms with Crippen molar-refractivity contribution in [1.29, 1.82) is 0 Å². The smallest absolute Gasteiger partial charge is 0.329 e. The molecule has 3 heterocycles. The highest BCUT2D eigenvalue weighted by atomic mass is 16.5. The lowest BCUT2D eigenvalue weighted by Crippen LogP contribution is -2.51. The zero-order valence-corrected chi connectivity index (χ0v) is 15.3. The van der Waals surface area contributed by atoms with E-state index in [0.717, 1.165) is 50.1 Å². The van der Waals surface area contributed by atoms with Crippen LogP contribution in [-0.4, -0.2) is 70.3 Å². The molecular weight excluding hydrogens is 332 g/mol. The average Bonchev–Trinajstić information content (AvgIpc) is 3.25. The summed E-state index contributed by atoms with van der Waals surface area (Å²) >= 11 is 0. The van der Waals surface area contributed by atoms with Crippen molar-refractivity contribution in [3.05, 3.63) is 34.7 Å². The van der Waals surface area contributed by atoms with Crippen LogP contribution in [0.4, 0.5) is 0 Å². The Morgan fingerprint density at radius 2 is 1.88 bits per heavy atom. The molecule has 2 saturated heterocycles. The first kappa shape index (κ1) is 17.3. The van der Waals surface area contributed by atoms with Crippen LogP contribution in [0.15, 0.2) is 29.1 Å². The summed E-state index contributed by atoms with van der Waals surface area (Å²) in [6, 6.07) is 7.60. The van der Waals surface area contributed by atoms with Crippen molar-refractivity contribution in [2.75, 3.05) is 39.3 Å². The summed E-state index contributed by atoms with van der Waals surface area (Å²) < 4.78 is 8.88. The number of fused-ring (bicyclic) bond motifs is 1. The summed E-state index contributed by atoms with van der Waals surface area (Å²) in [4.78, 5) is 29.5. The lowest BCUT2D eigenvalue weighted by molar-refractivity contribution is -0.133. The quantitative estimate of drug-likeness (QED) is 0.806. The zero-order valence-electron chi connectivity index (χ0n) is 15.3. The Kier molecular flexibility index (Phi) is 4.82. The van der Waals surface area contributed by atoms with E-state index in [-0.39, 0.29) is 18.1 Å². The summed E-state index contributed by atoms with van der Waals surface area (Å²) in [5.74, 6) is 0.0141. The molecule has 0 bridgehead atoms. The molecule has 7 nitrogen and oxygen atoms in total. The molecule has 26 heavy (non-hydrogen) atoms. The standard InChI is InChI=1S/C19H26N4O3/c1-20-16-6-2-3-7-17(16)23(19(20)25)14-18(24)22-10-8-21(9-11-22)13-15-5-4-12-26-15/h2-3,6-7,15H,4-5,8-14H2,1H3. The number of amides is 1. The molecule has 2 fully saturated rings. The van der Waals surface area contributed by atoms with E-state index in [1.165, 1.54) is 0 Å². The first-order valence-electron chi connectivity index (χ1n) is 9.39. The van der Waals surface area contributed by atoms with Gasteiger partial charge < -0.3 is 9.64 Å². The van der Waals surface area contributed by atoms with Crippen LogP contribution >= 0.6 is 0 Å². The van der Waals surface area contributed by atoms with Gasteiger partial charge in [-0.05, 0) is 25.0 Å². The summed E-state index contributed by atoms with van der Waals surface area (Å²) in [5, 5.41) is 0. The minimum Gasteiger partial charge on any atom is -0.377 e. The Hall–Kier alpha value is -2.12. The third-order valence-electron chi connectivity index (χ3n) is 5.56. The Morgan fingerprint density at radius 3 is 2.58 bits per heavy atom. The second kappa shape index (κ2) is 7.25. The summed E-state index contributed by atoms with van der Waals surface area (Å²) in [6.07, 6.45) is 2.65. The molecule has 0 radical (unpaired) electrons. The van der Waals surface area contributed by atoms with Crippen molar-refractivity contribution in [1.82, 2.24) is 18.9 Å². The van der Waals surface area contributed by atoms with E-state index in [2.05, 4.69) is 4.90 Å². The van der Waals surface area contributed by atoms with Crippen LogP contribution < -0.4 is 5.69 Å². The monoisotopic (exact) mass is 358 g/mol. The average molecular weight is 358 g/mol. The van der Waals surface area contributed by atoms with Crippen LogP contribution in [0.3, 0.4) is 0 Å². The lowest BCUT2D eigenvalue weighted by Gasteiger charge is -2.35. The fourth-order valence-electron chi connectivity index (χ4n) is 4.01. The van der Waals surface area contributed by atoms with E-state index in [1.54, 1.807) is 16.2 Å². The first-order valence-corrected chi connectivity index (χ1v) is 9.39. The van der Waals surface area contributed by atoms with Crippen LogP contribution in [0.25, 0.3) is 11.0 Å². The van der Waals surface area contributed by atoms with Crippen molar-refractivity contribution in [3.63, 3.8) is 0 Å². The predicted octanol–water partition coefficient (Wildman–Crippen LogP) is 0.663. The van der Waals surface area contributed by atoms with Gasteiger partial charge in [-0.3, -0.25) is 18.8 Å². The van der Waals surface area contributed by atoms with E-state index in [0.29, 0.717) is 19.2 Å². The van der Waals surface area contributed by atoms with Crippen LogP contribution in [0.1, 0.15) is 12.8 Å². The van der Waals surface area contributed by atoms with Gasteiger partial charge in [0.05, 0.1) is 17.1 Å². The number of para-hydroxylation sites is 2. The minimum atomic E-state index is -0.142. The summed E-state index contributed by atoms with van der Waals surface area (Å²) in [5.41, 5.74) is 1.52. The number of hydrogen-bond donors (Lipinski definition) is 0. The van der Waals surface area contributed by atoms with Gasteiger partial charge >= 0.3 is 5.69 Å². The third kappa shape index (κ3) is 3.29. The topological polar surface area (TPSA) is 59.7 Å². The number of piperazine rings is 1. The Bertz CT molecular complexity index is 842. The maximum Gasteiger partial charge on any atom is 0.329 e. The molecule has 7 heteroatoms. The minimum absolute atomic E-state index is 0.0141. The fourth-order valence-corrected chi connectivity index (χ4v) is 4.01. The number of benzene rings is 1. The van der Waals surface area contributed by atoms with Gasteiger partial charge in [-0.25, -0.2) is 4.79 Å². The normalized spacial score (nSPS) is 21.6. The van der Waals surface area contributed by atoms with E-state index in [1.807, 2.05) is 29.2 Å². The highest BCUT2D eigenvalue weighted by Gasteiger charge is 2.25. The Morgan fingerprint density at radius 1 is 1.15 bits per heavy atom. The molecule has 140 valence electrons. The predicted molar refractivity (Wildman–Crippen MR) is 99.2 cm³/mol. The molecule has 1 aromatic heterocycles. The SMILES string of the molecule is Cn1c(=O)n(CC(=O)N2CCN(CC3CCCO3)CC2)c2ccccc21. The molecule has 1 amide bonds. The molecule has 0 spiro atoms. The number of imidazole rings is 1. The van der Waals surface area contributed by atoms with Gasteiger partial charge in [-0.15, -0.1) is 0 Å². The summed E-state index contributed by atoms with van der Waals surface area (Å²) in [7, 11) is 1.75. The number of aryl methyl sites for hydroxylation is 1. The number of carbonyl (C=O) groups excluding carboxylic acids is 1. The van der Waals surface area contributed by atoms with Crippen LogP contribution in [-0.2, 0) is 23.1 Å². The number of rotatable bonds is 4. The van der Waals surface area contributed by atoms with E-state index in [4.69, 9.17) is 4.74 Å². The van der Waals surface area contributed by atoms with Gasteiger partial charge in [-0.1, -0.05) is 12.1 Å². The number of hydrogen-bond acceptors (Lipinski definition) is 4. The van der Waals surface area contributed by atoms with Gasteiger partial charge in [0.2, 0.25) is 5.91 Å². The molecule has 1 aromatic carbocycles. The second-order valence-corrected chi connectivity index (χ2v) is 7.23. The van der Waals surface area contributed by atoms with Gasteiger partial charge in [0.15, 0.2) is 0 Å². The van der Waals surface area contributed by atoms with E-state index < -0.39 is 0 Å². The van der Waals surface area contributed by atoms with Gasteiger partial charge in [-0.2, -0.15) is 0 Å². The van der Waals surface area contributed by atoms with Gasteiger partial charge in [0.25, 0.3) is 0 Å². The molecule has 2 aliphatic rings. The Balaban J connectivity index is 1.39. The highest BCUT2D eigenvalue weighted by Crippen LogP contribution is 2.15. The number of nitrogens with zero attached hydrogens (tertiary/aromatic N) is 4. The molecule has 1 atom stereocenters. The molecule has 2 aromatic rings. The zero-order chi connectivity index (χ0) is 18.1. The van der Waals surface area contributed by atoms with Crippen LogP contribution in [0.5, 0.6) is 0 Å². The second-order valence-electron chi connectivity index (χ2n) is 7.23. The lowest BCUT2D eigenvalue weighted by atomic mass is 10.2. The van der Waals surface area contributed by atoms with Crippen LogP contribution in [0, 0.1) is 0 Å². The van der Waals surface area contributed by atoms with Crippen molar-refractivity contribution in [3.8, 4) is 0 Å². The largest absolute Gasteiger partial charge is 0.377 e. The molecule has 0 N–H and O–H groups in total. The molecule has 1 unspecified atom stereocenters. The fraction of sp³-hybridized carbons (Fsp3) is 0.579. The van der Waals surface area contributed by atoms with E-state index in [9.17, 15) is 9.59 Å². The highest BCUT2D eigenvalue weighted by molar-refractivity contribution is 5.81. The maximum atomic E-state index is 12.7. The van der Waals surface area contributed by atoms with Crippen molar-refractivity contribution in [2.24, 2.45) is 7.05 Å². The number of carbonyl (C=O) groups is 1. The van der Waals surface area contributed by atoms with Crippen molar-refractivity contribution >= 4 is 16.9 Å². The van der Waals surface area contributed by atoms with Crippen molar-refractivity contribution < 1.29 is 9.53 Å². The number of ether oxygens (including phenoxy) is 1. The van der Waals surface area contributed by atoms with Gasteiger partial charge in [0.1, 0.15) is 6.54 Å². The van der Waals surface area contributed by atoms with E-state index >= 15 is 0 Å². The molecule has 4 rings (SSSR count). The number of aromatic nitrogens is 2. The molecular formula is C19H26N4O3. The Labute approximate surface area is 152 Å². The maximum absolute atomic E-state index is 12.7.